The maximum absolute atomic E-state index is 9.18. The molecule has 0 aliphatic heterocycles. The van der Waals surface area contributed by atoms with E-state index < -0.39 is 0 Å². The quantitative estimate of drug-likeness (QED) is 0.674. The van der Waals surface area contributed by atoms with Gasteiger partial charge in [0.05, 0.1) is 18.2 Å². The molecule has 4 nitrogen and oxygen atoms in total. The Hall–Kier alpha value is -2.80. The van der Waals surface area contributed by atoms with E-state index in [9.17, 15) is 5.26 Å². The summed E-state index contributed by atoms with van der Waals surface area (Å²) in [6.45, 7) is 6.64. The molecular formula is C19H22N4. The van der Waals surface area contributed by atoms with E-state index in [-0.39, 0.29) is 5.54 Å². The molecule has 0 atom stereocenters. The lowest BCUT2D eigenvalue weighted by Crippen LogP contribution is -2.44. The topological polar surface area (TPSA) is 74.2 Å². The highest BCUT2D eigenvalue weighted by atomic mass is 15.1. The minimum Gasteiger partial charge on any atom is -0.370 e. The molecule has 0 bridgehead atoms. The molecule has 0 heterocycles. The van der Waals surface area contributed by atoms with Gasteiger partial charge in [-0.2, -0.15) is 5.26 Å². The number of nitrogens with one attached hydrogen (secondary N) is 1. The SMILES string of the molecule is CC(C)(C)NC(N)=NCc1ccc(-c2ccccc2C#N)cc1. The third-order valence-corrected chi connectivity index (χ3v) is 3.25. The van der Waals surface area contributed by atoms with Gasteiger partial charge in [0.2, 0.25) is 0 Å². The molecule has 0 aliphatic rings. The van der Waals surface area contributed by atoms with Crippen molar-refractivity contribution in [1.82, 2.24) is 5.32 Å². The van der Waals surface area contributed by atoms with Crippen LogP contribution in [0.1, 0.15) is 31.9 Å². The van der Waals surface area contributed by atoms with Gasteiger partial charge in [0, 0.05) is 5.54 Å². The summed E-state index contributed by atoms with van der Waals surface area (Å²) < 4.78 is 0. The Bertz CT molecular complexity index is 731. The molecule has 2 aromatic rings. The highest BCUT2D eigenvalue weighted by molar-refractivity contribution is 5.78. The minimum atomic E-state index is -0.0988. The van der Waals surface area contributed by atoms with Crippen LogP contribution in [-0.4, -0.2) is 11.5 Å². The standard InChI is InChI=1S/C19H22N4/c1-19(2,3)23-18(21)22-13-14-8-10-15(11-9-14)17-7-5-4-6-16(17)12-20/h4-11H,13H2,1-3H3,(H3,21,22,23). The second kappa shape index (κ2) is 6.97. The summed E-state index contributed by atoms with van der Waals surface area (Å²) in [4.78, 5) is 4.35. The molecule has 23 heavy (non-hydrogen) atoms. The number of hydrogen-bond donors (Lipinski definition) is 2. The number of nitriles is 1. The number of aliphatic imine (C=N–C) groups is 1. The Kier molecular flexibility index (Phi) is 5.02. The summed E-state index contributed by atoms with van der Waals surface area (Å²) >= 11 is 0. The first kappa shape index (κ1) is 16.6. The Morgan fingerprint density at radius 2 is 1.78 bits per heavy atom. The van der Waals surface area contributed by atoms with Gasteiger partial charge in [-0.05, 0) is 43.5 Å². The van der Waals surface area contributed by atoms with Crippen LogP contribution in [0, 0.1) is 11.3 Å². The van der Waals surface area contributed by atoms with E-state index in [1.165, 1.54) is 0 Å². The van der Waals surface area contributed by atoms with Crippen LogP contribution in [0.15, 0.2) is 53.5 Å². The monoisotopic (exact) mass is 306 g/mol. The summed E-state index contributed by atoms with van der Waals surface area (Å²) in [5.74, 6) is 0.441. The maximum Gasteiger partial charge on any atom is 0.189 e. The fourth-order valence-corrected chi connectivity index (χ4v) is 2.22. The number of benzene rings is 2. The molecule has 0 spiro atoms. The Balaban J connectivity index is 2.11. The van der Waals surface area contributed by atoms with Gasteiger partial charge in [-0.3, -0.25) is 0 Å². The van der Waals surface area contributed by atoms with Crippen molar-refractivity contribution in [3.63, 3.8) is 0 Å². The molecule has 0 amide bonds. The van der Waals surface area contributed by atoms with Gasteiger partial charge in [-0.25, -0.2) is 4.99 Å². The molecule has 0 fully saturated rings. The lowest BCUT2D eigenvalue weighted by Gasteiger charge is -2.21. The first-order valence-corrected chi connectivity index (χ1v) is 7.55. The number of guanidine groups is 1. The molecule has 0 aliphatic carbocycles. The van der Waals surface area contributed by atoms with Crippen molar-refractivity contribution < 1.29 is 0 Å². The normalized spacial score (nSPS) is 11.8. The van der Waals surface area contributed by atoms with Crippen LogP contribution in [0.3, 0.4) is 0 Å². The molecule has 0 radical (unpaired) electrons. The van der Waals surface area contributed by atoms with E-state index in [1.54, 1.807) is 0 Å². The molecule has 0 unspecified atom stereocenters. The minimum absolute atomic E-state index is 0.0988. The highest BCUT2D eigenvalue weighted by Gasteiger charge is 2.09. The van der Waals surface area contributed by atoms with Gasteiger partial charge >= 0.3 is 0 Å². The summed E-state index contributed by atoms with van der Waals surface area (Å²) in [5.41, 5.74) is 9.49. The summed E-state index contributed by atoms with van der Waals surface area (Å²) in [6, 6.07) is 17.9. The van der Waals surface area contributed by atoms with Crippen LogP contribution in [0.5, 0.6) is 0 Å². The predicted octanol–water partition coefficient (Wildman–Crippen LogP) is 3.43. The number of nitrogens with two attached hydrogens (primary N) is 1. The lowest BCUT2D eigenvalue weighted by molar-refractivity contribution is 0.508. The smallest absolute Gasteiger partial charge is 0.189 e. The van der Waals surface area contributed by atoms with Crippen molar-refractivity contribution in [3.8, 4) is 17.2 Å². The van der Waals surface area contributed by atoms with Gasteiger partial charge in [0.1, 0.15) is 0 Å². The van der Waals surface area contributed by atoms with Crippen LogP contribution in [0.4, 0.5) is 0 Å². The van der Waals surface area contributed by atoms with Gasteiger partial charge < -0.3 is 11.1 Å². The molecule has 2 aromatic carbocycles. The zero-order valence-electron chi connectivity index (χ0n) is 13.8. The summed E-state index contributed by atoms with van der Waals surface area (Å²) in [6.07, 6.45) is 0. The Morgan fingerprint density at radius 3 is 2.39 bits per heavy atom. The zero-order chi connectivity index (χ0) is 16.9. The van der Waals surface area contributed by atoms with Gasteiger partial charge in [0.15, 0.2) is 5.96 Å². The molecule has 118 valence electrons. The summed E-state index contributed by atoms with van der Waals surface area (Å²) in [5, 5.41) is 12.3. The van der Waals surface area contributed by atoms with E-state index in [1.807, 2.05) is 69.3 Å². The first-order chi connectivity index (χ1) is 10.9. The molecular weight excluding hydrogens is 284 g/mol. The van der Waals surface area contributed by atoms with E-state index in [4.69, 9.17) is 5.73 Å². The second-order valence-electron chi connectivity index (χ2n) is 6.43. The van der Waals surface area contributed by atoms with Crippen molar-refractivity contribution in [2.75, 3.05) is 0 Å². The average molecular weight is 306 g/mol. The maximum atomic E-state index is 9.18. The van der Waals surface area contributed by atoms with Crippen LogP contribution in [-0.2, 0) is 6.54 Å². The fraction of sp³-hybridized carbons (Fsp3) is 0.263. The summed E-state index contributed by atoms with van der Waals surface area (Å²) in [7, 11) is 0. The molecule has 0 aromatic heterocycles. The van der Waals surface area contributed by atoms with Crippen molar-refractivity contribution >= 4 is 5.96 Å². The van der Waals surface area contributed by atoms with Gasteiger partial charge in [-0.1, -0.05) is 42.5 Å². The van der Waals surface area contributed by atoms with Crippen molar-refractivity contribution in [1.29, 1.82) is 5.26 Å². The zero-order valence-corrected chi connectivity index (χ0v) is 13.8. The molecule has 4 heteroatoms. The Morgan fingerprint density at radius 1 is 1.13 bits per heavy atom. The highest BCUT2D eigenvalue weighted by Crippen LogP contribution is 2.23. The van der Waals surface area contributed by atoms with E-state index in [2.05, 4.69) is 16.4 Å². The van der Waals surface area contributed by atoms with E-state index >= 15 is 0 Å². The lowest BCUT2D eigenvalue weighted by atomic mass is 9.99. The number of rotatable bonds is 3. The van der Waals surface area contributed by atoms with Crippen LogP contribution >= 0.6 is 0 Å². The van der Waals surface area contributed by atoms with Gasteiger partial charge in [-0.15, -0.1) is 0 Å². The van der Waals surface area contributed by atoms with Crippen LogP contribution in [0.25, 0.3) is 11.1 Å². The second-order valence-corrected chi connectivity index (χ2v) is 6.43. The van der Waals surface area contributed by atoms with Crippen molar-refractivity contribution in [2.24, 2.45) is 10.7 Å². The van der Waals surface area contributed by atoms with Crippen molar-refractivity contribution in [3.05, 3.63) is 59.7 Å². The fourth-order valence-electron chi connectivity index (χ4n) is 2.22. The molecule has 0 saturated carbocycles. The Labute approximate surface area is 137 Å². The third-order valence-electron chi connectivity index (χ3n) is 3.25. The molecule has 3 N–H and O–H groups in total. The van der Waals surface area contributed by atoms with Crippen LogP contribution < -0.4 is 11.1 Å². The van der Waals surface area contributed by atoms with E-state index in [0.29, 0.717) is 18.1 Å². The van der Waals surface area contributed by atoms with Gasteiger partial charge in [0.25, 0.3) is 0 Å². The average Bonchev–Trinajstić information content (AvgIpc) is 2.52. The molecule has 2 rings (SSSR count). The van der Waals surface area contributed by atoms with E-state index in [0.717, 1.165) is 16.7 Å². The molecule has 0 saturated heterocycles. The number of hydrogen-bond acceptors (Lipinski definition) is 2. The first-order valence-electron chi connectivity index (χ1n) is 7.55. The third kappa shape index (κ3) is 4.86. The predicted molar refractivity (Wildman–Crippen MR) is 94.8 cm³/mol. The van der Waals surface area contributed by atoms with Crippen molar-refractivity contribution in [2.45, 2.75) is 32.9 Å². The number of nitrogens with zero attached hydrogens (tertiary/aromatic N) is 2. The van der Waals surface area contributed by atoms with Crippen LogP contribution in [0.2, 0.25) is 0 Å². The largest absolute Gasteiger partial charge is 0.370 e.